The SMILES string of the molecule is CC(C)(COc1ccc(Cl)c(Cl)c1)C1(C)OCC(CN2CCCC(CO)C2)O1. The van der Waals surface area contributed by atoms with Gasteiger partial charge in [0.1, 0.15) is 5.75 Å². The molecule has 1 aromatic rings. The van der Waals surface area contributed by atoms with Crippen LogP contribution in [0.15, 0.2) is 18.2 Å². The van der Waals surface area contributed by atoms with Gasteiger partial charge in [0.05, 0.1) is 34.8 Å². The second-order valence-corrected chi connectivity index (χ2v) is 9.51. The van der Waals surface area contributed by atoms with Crippen molar-refractivity contribution in [1.29, 1.82) is 0 Å². The number of piperidine rings is 1. The van der Waals surface area contributed by atoms with Gasteiger partial charge in [-0.25, -0.2) is 0 Å². The second kappa shape index (κ2) is 9.07. The molecule has 5 nitrogen and oxygen atoms in total. The van der Waals surface area contributed by atoms with E-state index in [-0.39, 0.29) is 18.1 Å². The van der Waals surface area contributed by atoms with E-state index in [1.165, 1.54) is 0 Å². The molecule has 0 radical (unpaired) electrons. The van der Waals surface area contributed by atoms with Crippen LogP contribution in [0.2, 0.25) is 10.0 Å². The van der Waals surface area contributed by atoms with Crippen LogP contribution in [-0.2, 0) is 9.47 Å². The largest absolute Gasteiger partial charge is 0.493 e. The summed E-state index contributed by atoms with van der Waals surface area (Å²) >= 11 is 12.0. The zero-order valence-corrected chi connectivity index (χ0v) is 18.4. The van der Waals surface area contributed by atoms with Crippen LogP contribution in [0.1, 0.15) is 33.6 Å². The van der Waals surface area contributed by atoms with Crippen molar-refractivity contribution in [3.8, 4) is 5.75 Å². The summed E-state index contributed by atoms with van der Waals surface area (Å²) in [4.78, 5) is 2.38. The number of halogens is 2. The van der Waals surface area contributed by atoms with Crippen LogP contribution in [0.3, 0.4) is 0 Å². The Labute approximate surface area is 177 Å². The number of rotatable bonds is 7. The number of ether oxygens (including phenoxy) is 3. The lowest BCUT2D eigenvalue weighted by atomic mass is 9.85. The molecule has 1 aromatic carbocycles. The third kappa shape index (κ3) is 5.13. The Morgan fingerprint density at radius 3 is 2.82 bits per heavy atom. The molecule has 2 heterocycles. The minimum atomic E-state index is -0.736. The van der Waals surface area contributed by atoms with Crippen LogP contribution in [0.4, 0.5) is 0 Å². The Hall–Kier alpha value is -0.560. The highest BCUT2D eigenvalue weighted by Gasteiger charge is 2.50. The average Bonchev–Trinajstić information content (AvgIpc) is 3.05. The Bertz CT molecular complexity index is 672. The number of hydrogen-bond donors (Lipinski definition) is 1. The monoisotopic (exact) mass is 431 g/mol. The summed E-state index contributed by atoms with van der Waals surface area (Å²) in [5.41, 5.74) is -0.372. The van der Waals surface area contributed by atoms with Gasteiger partial charge < -0.3 is 24.2 Å². The smallest absolute Gasteiger partial charge is 0.174 e. The van der Waals surface area contributed by atoms with Crippen LogP contribution >= 0.6 is 23.2 Å². The molecular formula is C21H31Cl2NO4. The molecule has 28 heavy (non-hydrogen) atoms. The van der Waals surface area contributed by atoms with Crippen LogP contribution in [-0.4, -0.2) is 61.4 Å². The number of hydrogen-bond acceptors (Lipinski definition) is 5. The number of benzene rings is 1. The number of likely N-dealkylation sites (tertiary alicyclic amines) is 1. The van der Waals surface area contributed by atoms with Gasteiger partial charge in [-0.1, -0.05) is 37.0 Å². The predicted molar refractivity (Wildman–Crippen MR) is 111 cm³/mol. The topological polar surface area (TPSA) is 51.2 Å². The zero-order chi connectivity index (χ0) is 20.4. The summed E-state index contributed by atoms with van der Waals surface area (Å²) in [7, 11) is 0. The van der Waals surface area contributed by atoms with Gasteiger partial charge in [0.2, 0.25) is 0 Å². The Morgan fingerprint density at radius 2 is 2.11 bits per heavy atom. The lowest BCUT2D eigenvalue weighted by molar-refractivity contribution is -0.231. The third-order valence-electron chi connectivity index (χ3n) is 5.98. The van der Waals surface area contributed by atoms with E-state index in [1.54, 1.807) is 18.2 Å². The molecule has 3 unspecified atom stereocenters. The fraction of sp³-hybridized carbons (Fsp3) is 0.714. The van der Waals surface area contributed by atoms with Crippen LogP contribution in [0.5, 0.6) is 5.75 Å². The lowest BCUT2D eigenvalue weighted by Gasteiger charge is -2.40. The predicted octanol–water partition coefficient (Wildman–Crippen LogP) is 4.23. The quantitative estimate of drug-likeness (QED) is 0.699. The zero-order valence-electron chi connectivity index (χ0n) is 16.9. The molecule has 2 aliphatic heterocycles. The van der Waals surface area contributed by atoms with Crippen molar-refractivity contribution in [2.45, 2.75) is 45.5 Å². The summed E-state index contributed by atoms with van der Waals surface area (Å²) in [6.45, 7) is 10.2. The molecule has 0 bridgehead atoms. The van der Waals surface area contributed by atoms with Gasteiger partial charge in [-0.3, -0.25) is 0 Å². The maximum Gasteiger partial charge on any atom is 0.174 e. The maximum absolute atomic E-state index is 9.43. The molecule has 0 spiro atoms. The maximum atomic E-state index is 9.43. The minimum Gasteiger partial charge on any atom is -0.493 e. The highest BCUT2D eigenvalue weighted by atomic mass is 35.5. The van der Waals surface area contributed by atoms with Crippen molar-refractivity contribution < 1.29 is 19.3 Å². The first-order valence-electron chi connectivity index (χ1n) is 9.95. The molecule has 0 saturated carbocycles. The highest BCUT2D eigenvalue weighted by Crippen LogP contribution is 2.41. The Morgan fingerprint density at radius 1 is 1.32 bits per heavy atom. The van der Waals surface area contributed by atoms with E-state index < -0.39 is 5.79 Å². The molecule has 1 N–H and O–H groups in total. The Kier molecular flexibility index (Phi) is 7.17. The summed E-state index contributed by atoms with van der Waals surface area (Å²) < 4.78 is 18.4. The van der Waals surface area contributed by atoms with Crippen molar-refractivity contribution in [3.63, 3.8) is 0 Å². The van der Waals surface area contributed by atoms with Gasteiger partial charge in [-0.15, -0.1) is 0 Å². The van der Waals surface area contributed by atoms with Gasteiger partial charge in [0.15, 0.2) is 5.79 Å². The van der Waals surface area contributed by atoms with E-state index in [0.717, 1.165) is 32.5 Å². The summed E-state index contributed by atoms with van der Waals surface area (Å²) in [5, 5.41) is 10.4. The molecule has 2 saturated heterocycles. The number of aliphatic hydroxyl groups is 1. The van der Waals surface area contributed by atoms with Crippen molar-refractivity contribution >= 4 is 23.2 Å². The van der Waals surface area contributed by atoms with Crippen molar-refractivity contribution in [2.24, 2.45) is 11.3 Å². The van der Waals surface area contributed by atoms with E-state index in [2.05, 4.69) is 18.7 Å². The van der Waals surface area contributed by atoms with E-state index in [9.17, 15) is 5.11 Å². The van der Waals surface area contributed by atoms with Gasteiger partial charge in [-0.05, 0) is 44.4 Å². The average molecular weight is 432 g/mol. The summed E-state index contributed by atoms with van der Waals surface area (Å²) in [6, 6.07) is 5.25. The van der Waals surface area contributed by atoms with Crippen molar-refractivity contribution in [3.05, 3.63) is 28.2 Å². The fourth-order valence-electron chi connectivity index (χ4n) is 3.80. The normalized spacial score (nSPS) is 29.2. The van der Waals surface area contributed by atoms with Gasteiger partial charge in [0, 0.05) is 25.8 Å². The summed E-state index contributed by atoms with van der Waals surface area (Å²) in [5.74, 6) is 0.308. The molecule has 158 valence electrons. The molecule has 2 fully saturated rings. The first kappa shape index (κ1) is 22.1. The molecule has 7 heteroatoms. The van der Waals surface area contributed by atoms with Gasteiger partial charge in [-0.2, -0.15) is 0 Å². The van der Waals surface area contributed by atoms with E-state index in [0.29, 0.717) is 34.9 Å². The molecule has 3 rings (SSSR count). The van der Waals surface area contributed by atoms with Crippen LogP contribution < -0.4 is 4.74 Å². The molecule has 0 aromatic heterocycles. The van der Waals surface area contributed by atoms with E-state index in [4.69, 9.17) is 37.4 Å². The van der Waals surface area contributed by atoms with Gasteiger partial charge in [0.25, 0.3) is 0 Å². The first-order chi connectivity index (χ1) is 13.2. The summed E-state index contributed by atoms with van der Waals surface area (Å²) in [6.07, 6.45) is 2.25. The standard InChI is InChI=1S/C21H31Cl2NO4/c1-20(2,14-26-16-6-7-18(22)19(23)9-16)21(3)27-13-17(28-21)11-24-8-4-5-15(10-24)12-25/h6-7,9,15,17,25H,4-5,8,10-14H2,1-3H3. The number of nitrogens with zero attached hydrogens (tertiary/aromatic N) is 1. The van der Waals surface area contributed by atoms with Crippen LogP contribution in [0.25, 0.3) is 0 Å². The van der Waals surface area contributed by atoms with E-state index >= 15 is 0 Å². The Balaban J connectivity index is 1.55. The second-order valence-electron chi connectivity index (χ2n) is 8.70. The van der Waals surface area contributed by atoms with Crippen molar-refractivity contribution in [1.82, 2.24) is 4.90 Å². The third-order valence-corrected chi connectivity index (χ3v) is 6.72. The molecular weight excluding hydrogens is 401 g/mol. The lowest BCUT2D eigenvalue weighted by Crippen LogP contribution is -2.48. The minimum absolute atomic E-state index is 0.0201. The fourth-order valence-corrected chi connectivity index (χ4v) is 4.09. The molecule has 2 aliphatic rings. The number of aliphatic hydroxyl groups excluding tert-OH is 1. The molecule has 3 atom stereocenters. The van der Waals surface area contributed by atoms with E-state index in [1.807, 2.05) is 6.92 Å². The molecule has 0 amide bonds. The highest BCUT2D eigenvalue weighted by molar-refractivity contribution is 6.42. The van der Waals surface area contributed by atoms with Crippen LogP contribution in [0, 0.1) is 11.3 Å². The molecule has 0 aliphatic carbocycles. The van der Waals surface area contributed by atoms with Crippen molar-refractivity contribution in [2.75, 3.05) is 39.5 Å². The van der Waals surface area contributed by atoms with Gasteiger partial charge >= 0.3 is 0 Å². The first-order valence-corrected chi connectivity index (χ1v) is 10.7.